The summed E-state index contributed by atoms with van der Waals surface area (Å²) in [6.45, 7) is 0. The van der Waals surface area contributed by atoms with Crippen molar-refractivity contribution in [1.82, 2.24) is 10.2 Å². The van der Waals surface area contributed by atoms with Crippen molar-refractivity contribution in [1.29, 1.82) is 0 Å². The van der Waals surface area contributed by atoms with Crippen LogP contribution in [0.2, 0.25) is 10.0 Å². The summed E-state index contributed by atoms with van der Waals surface area (Å²) < 4.78 is 0.622. The molecule has 34 heavy (non-hydrogen) atoms. The van der Waals surface area contributed by atoms with Gasteiger partial charge >= 0.3 is 0 Å². The van der Waals surface area contributed by atoms with Crippen molar-refractivity contribution < 1.29 is 14.7 Å². The third-order valence-corrected chi connectivity index (χ3v) is 9.46. The minimum atomic E-state index is -0.779. The van der Waals surface area contributed by atoms with E-state index in [1.807, 2.05) is 23.6 Å². The van der Waals surface area contributed by atoms with Gasteiger partial charge in [-0.3, -0.25) is 14.5 Å². The van der Waals surface area contributed by atoms with Gasteiger partial charge in [-0.25, -0.2) is 0 Å². The number of benzene rings is 1. The standard InChI is InChI=1S/C22H13Cl2N3O3S4/c23-12-6-5-11(13(24)9-12)10-33-22-26-25-21(34-22)27-17(14-3-1-7-31-14)16(19(29)20(27)30)18(28)15-4-2-8-32-15/h1-9,17,29H,10H2. The first-order valence-corrected chi connectivity index (χ1v) is 14.0. The number of amides is 1. The van der Waals surface area contributed by atoms with Crippen molar-refractivity contribution in [3.8, 4) is 0 Å². The normalized spacial score (nSPS) is 16.0. The number of hydrogen-bond donors (Lipinski definition) is 1. The first-order valence-electron chi connectivity index (χ1n) is 9.72. The quantitative estimate of drug-likeness (QED) is 0.147. The van der Waals surface area contributed by atoms with Crippen molar-refractivity contribution in [2.45, 2.75) is 16.1 Å². The highest BCUT2D eigenvalue weighted by atomic mass is 35.5. The molecule has 12 heteroatoms. The van der Waals surface area contributed by atoms with E-state index in [-0.39, 0.29) is 11.4 Å². The molecule has 1 N–H and O–H groups in total. The topological polar surface area (TPSA) is 83.4 Å². The predicted molar refractivity (Wildman–Crippen MR) is 139 cm³/mol. The van der Waals surface area contributed by atoms with Gasteiger partial charge in [0.05, 0.1) is 10.5 Å². The average molecular weight is 567 g/mol. The molecule has 4 aromatic rings. The summed E-state index contributed by atoms with van der Waals surface area (Å²) in [7, 11) is 0. The first-order chi connectivity index (χ1) is 16.4. The summed E-state index contributed by atoms with van der Waals surface area (Å²) in [6.07, 6.45) is 0. The lowest BCUT2D eigenvalue weighted by Crippen LogP contribution is -2.30. The molecule has 0 saturated carbocycles. The maximum absolute atomic E-state index is 13.2. The number of carbonyl (C=O) groups is 2. The van der Waals surface area contributed by atoms with Crippen LogP contribution in [0.15, 0.2) is 68.9 Å². The molecule has 0 fully saturated rings. The van der Waals surface area contributed by atoms with E-state index in [1.165, 1.54) is 50.7 Å². The highest BCUT2D eigenvalue weighted by Crippen LogP contribution is 2.45. The van der Waals surface area contributed by atoms with Crippen LogP contribution in [0.4, 0.5) is 5.13 Å². The van der Waals surface area contributed by atoms with Gasteiger partial charge in [0.2, 0.25) is 10.9 Å². The molecule has 6 nitrogen and oxygen atoms in total. The molecule has 1 aliphatic rings. The fraction of sp³-hybridized carbons (Fsp3) is 0.0909. The minimum absolute atomic E-state index is 0.0484. The van der Waals surface area contributed by atoms with Gasteiger partial charge in [0, 0.05) is 20.7 Å². The van der Waals surface area contributed by atoms with E-state index < -0.39 is 17.7 Å². The fourth-order valence-corrected chi connectivity index (χ4v) is 7.35. The lowest BCUT2D eigenvalue weighted by atomic mass is 10.0. The number of aromatic nitrogens is 2. The molecule has 0 aliphatic carbocycles. The van der Waals surface area contributed by atoms with Gasteiger partial charge < -0.3 is 5.11 Å². The molecule has 172 valence electrons. The lowest BCUT2D eigenvalue weighted by Gasteiger charge is -2.22. The van der Waals surface area contributed by atoms with Crippen LogP contribution in [-0.2, 0) is 10.5 Å². The van der Waals surface area contributed by atoms with Crippen LogP contribution in [0, 0.1) is 0 Å². The van der Waals surface area contributed by atoms with Crippen molar-refractivity contribution in [2.24, 2.45) is 0 Å². The van der Waals surface area contributed by atoms with Crippen LogP contribution in [0.5, 0.6) is 0 Å². The van der Waals surface area contributed by atoms with E-state index in [0.717, 1.165) is 10.4 Å². The average Bonchev–Trinajstić information content (AvgIpc) is 3.62. The predicted octanol–water partition coefficient (Wildman–Crippen LogP) is 7.04. The van der Waals surface area contributed by atoms with Gasteiger partial charge in [-0.05, 0) is 40.6 Å². The molecule has 1 atom stereocenters. The zero-order chi connectivity index (χ0) is 23.8. The molecule has 1 unspecified atom stereocenters. The Hall–Kier alpha value is -2.21. The van der Waals surface area contributed by atoms with E-state index in [0.29, 0.717) is 30.1 Å². The molecule has 0 radical (unpaired) electrons. The van der Waals surface area contributed by atoms with Crippen molar-refractivity contribution >= 4 is 85.8 Å². The minimum Gasteiger partial charge on any atom is -0.503 e. The van der Waals surface area contributed by atoms with Gasteiger partial charge in [0.15, 0.2) is 10.1 Å². The number of aliphatic hydroxyl groups excluding tert-OH is 1. The maximum atomic E-state index is 13.2. The van der Waals surface area contributed by atoms with Gasteiger partial charge in [-0.1, -0.05) is 64.5 Å². The van der Waals surface area contributed by atoms with E-state index in [2.05, 4.69) is 10.2 Å². The van der Waals surface area contributed by atoms with Crippen LogP contribution in [0.25, 0.3) is 0 Å². The molecule has 4 heterocycles. The van der Waals surface area contributed by atoms with Crippen molar-refractivity contribution in [2.75, 3.05) is 4.90 Å². The molecule has 1 aliphatic heterocycles. The van der Waals surface area contributed by atoms with Crippen LogP contribution < -0.4 is 4.90 Å². The van der Waals surface area contributed by atoms with Gasteiger partial charge in [0.1, 0.15) is 6.04 Å². The number of thioether (sulfide) groups is 1. The van der Waals surface area contributed by atoms with Crippen LogP contribution in [0.3, 0.4) is 0 Å². The molecule has 0 bridgehead atoms. The second-order valence-electron chi connectivity index (χ2n) is 7.04. The fourth-order valence-electron chi connectivity index (χ4n) is 3.43. The SMILES string of the molecule is O=C(C1=C(O)C(=O)N(c2nnc(SCc3ccc(Cl)cc3Cl)s2)C1c1cccs1)c1cccs1. The third-order valence-electron chi connectivity index (χ3n) is 4.98. The molecular weight excluding hydrogens is 553 g/mol. The Labute approximate surface area is 220 Å². The molecule has 0 spiro atoms. The van der Waals surface area contributed by atoms with Gasteiger partial charge in [0.25, 0.3) is 5.91 Å². The van der Waals surface area contributed by atoms with E-state index in [1.54, 1.807) is 29.6 Å². The third kappa shape index (κ3) is 4.41. The summed E-state index contributed by atoms with van der Waals surface area (Å²) in [5.74, 6) is -1.07. The summed E-state index contributed by atoms with van der Waals surface area (Å²) in [5, 5.41) is 24.2. The van der Waals surface area contributed by atoms with E-state index in [9.17, 15) is 14.7 Å². The number of anilines is 1. The smallest absolute Gasteiger partial charge is 0.296 e. The number of hydrogen-bond acceptors (Lipinski definition) is 9. The summed E-state index contributed by atoms with van der Waals surface area (Å²) >= 11 is 17.5. The summed E-state index contributed by atoms with van der Waals surface area (Å²) in [5.41, 5.74) is 0.942. The largest absolute Gasteiger partial charge is 0.503 e. The molecular formula is C22H13Cl2N3O3S4. The summed E-state index contributed by atoms with van der Waals surface area (Å²) in [4.78, 5) is 28.9. The van der Waals surface area contributed by atoms with Crippen molar-refractivity contribution in [3.63, 3.8) is 0 Å². The molecule has 0 saturated heterocycles. The first kappa shape index (κ1) is 23.5. The van der Waals surface area contributed by atoms with Crippen LogP contribution >= 0.6 is 69.0 Å². The Balaban J connectivity index is 1.44. The molecule has 5 rings (SSSR count). The van der Waals surface area contributed by atoms with E-state index in [4.69, 9.17) is 23.2 Å². The number of halogens is 2. The maximum Gasteiger partial charge on any atom is 0.296 e. The van der Waals surface area contributed by atoms with Gasteiger partial charge in [-0.2, -0.15) is 0 Å². The summed E-state index contributed by atoms with van der Waals surface area (Å²) in [6, 6.07) is 11.6. The molecule has 3 aromatic heterocycles. The Morgan fingerprint density at radius 2 is 1.91 bits per heavy atom. The monoisotopic (exact) mass is 565 g/mol. The van der Waals surface area contributed by atoms with E-state index >= 15 is 0 Å². The molecule has 1 aromatic carbocycles. The van der Waals surface area contributed by atoms with Crippen molar-refractivity contribution in [3.05, 3.63) is 89.9 Å². The highest BCUT2D eigenvalue weighted by Gasteiger charge is 2.46. The Bertz CT molecular complexity index is 1400. The second kappa shape index (κ2) is 9.80. The van der Waals surface area contributed by atoms with Gasteiger partial charge in [-0.15, -0.1) is 32.9 Å². The zero-order valence-electron chi connectivity index (χ0n) is 17.0. The lowest BCUT2D eigenvalue weighted by molar-refractivity contribution is -0.117. The highest BCUT2D eigenvalue weighted by molar-refractivity contribution is 8.00. The van der Waals surface area contributed by atoms with Crippen LogP contribution in [-0.4, -0.2) is 27.0 Å². The number of carbonyl (C=O) groups excluding carboxylic acids is 2. The molecule has 1 amide bonds. The zero-order valence-corrected chi connectivity index (χ0v) is 21.8. The number of Topliss-reactive ketones (excluding diaryl/α,β-unsaturated/α-hetero) is 1. The number of nitrogens with zero attached hydrogens (tertiary/aromatic N) is 3. The van der Waals surface area contributed by atoms with Crippen LogP contribution in [0.1, 0.15) is 26.2 Å². The number of rotatable bonds is 7. The Kier molecular flexibility index (Phi) is 6.79. The number of aliphatic hydroxyl groups is 1. The number of thiophene rings is 2. The second-order valence-corrected chi connectivity index (χ2v) is 12.0. The Morgan fingerprint density at radius 3 is 2.62 bits per heavy atom. The number of ketones is 1. The Morgan fingerprint density at radius 1 is 1.12 bits per heavy atom.